The molecule has 0 atom stereocenters. The van der Waals surface area contributed by atoms with E-state index < -0.39 is 15.8 Å². The average Bonchev–Trinajstić information content (AvgIpc) is 2.84. The molecule has 32 heavy (non-hydrogen) atoms. The molecule has 0 amide bonds. The molecule has 0 saturated carbocycles. The lowest BCUT2D eigenvalue weighted by Gasteiger charge is -2.34. The van der Waals surface area contributed by atoms with E-state index in [1.54, 1.807) is 14.2 Å². The summed E-state index contributed by atoms with van der Waals surface area (Å²) >= 11 is 0. The predicted octanol–water partition coefficient (Wildman–Crippen LogP) is 2.81. The second kappa shape index (κ2) is 9.09. The van der Waals surface area contributed by atoms with E-state index in [1.807, 2.05) is 35.2 Å². The Balaban J connectivity index is 1.44. The Kier molecular flexibility index (Phi) is 6.24. The third-order valence-corrected chi connectivity index (χ3v) is 7.26. The number of halogens is 1. The van der Waals surface area contributed by atoms with Crippen molar-refractivity contribution in [2.45, 2.75) is 4.90 Å². The summed E-state index contributed by atoms with van der Waals surface area (Å²) in [6, 6.07) is 14.1. The lowest BCUT2D eigenvalue weighted by Crippen LogP contribution is -2.49. The molecule has 1 aromatic heterocycles. The molecule has 3 aromatic rings. The van der Waals surface area contributed by atoms with Crippen molar-refractivity contribution in [2.75, 3.05) is 45.3 Å². The van der Waals surface area contributed by atoms with E-state index in [-0.39, 0.29) is 4.90 Å². The summed E-state index contributed by atoms with van der Waals surface area (Å²) in [5.74, 6) is 1.44. The van der Waals surface area contributed by atoms with Gasteiger partial charge in [-0.25, -0.2) is 12.8 Å². The van der Waals surface area contributed by atoms with Crippen LogP contribution in [0, 0.1) is 5.82 Å². The van der Waals surface area contributed by atoms with Gasteiger partial charge in [-0.15, -0.1) is 10.2 Å². The highest BCUT2D eigenvalue weighted by molar-refractivity contribution is 7.89. The molecule has 0 bridgehead atoms. The predicted molar refractivity (Wildman–Crippen MR) is 118 cm³/mol. The molecule has 0 radical (unpaired) electrons. The number of piperazine rings is 1. The number of benzene rings is 2. The normalized spacial score (nSPS) is 14.9. The maximum atomic E-state index is 13.1. The van der Waals surface area contributed by atoms with Crippen molar-refractivity contribution in [2.24, 2.45) is 0 Å². The Morgan fingerprint density at radius 2 is 1.53 bits per heavy atom. The highest BCUT2D eigenvalue weighted by Gasteiger charge is 2.29. The SMILES string of the molecule is COc1ccc(-c2ccc(N3CCN(S(=O)(=O)c4ccc(F)cc4)CC3)nn2)cc1OC. The van der Waals surface area contributed by atoms with Crippen molar-refractivity contribution in [3.8, 4) is 22.8 Å². The van der Waals surface area contributed by atoms with E-state index in [1.165, 1.54) is 16.4 Å². The highest BCUT2D eigenvalue weighted by Crippen LogP contribution is 2.31. The van der Waals surface area contributed by atoms with Crippen LogP contribution in [-0.2, 0) is 10.0 Å². The minimum absolute atomic E-state index is 0.0893. The molecular weight excluding hydrogens is 435 g/mol. The van der Waals surface area contributed by atoms with Crippen molar-refractivity contribution < 1.29 is 22.3 Å². The minimum atomic E-state index is -3.66. The van der Waals surface area contributed by atoms with Crippen LogP contribution in [0.15, 0.2) is 59.5 Å². The quantitative estimate of drug-likeness (QED) is 0.562. The Bertz CT molecular complexity index is 1180. The Morgan fingerprint density at radius 1 is 0.844 bits per heavy atom. The monoisotopic (exact) mass is 458 g/mol. The van der Waals surface area contributed by atoms with Gasteiger partial charge in [0.25, 0.3) is 0 Å². The fraction of sp³-hybridized carbons (Fsp3) is 0.273. The van der Waals surface area contributed by atoms with Crippen LogP contribution in [0.5, 0.6) is 11.5 Å². The summed E-state index contributed by atoms with van der Waals surface area (Å²) in [5, 5.41) is 8.65. The van der Waals surface area contributed by atoms with Gasteiger partial charge < -0.3 is 14.4 Å². The van der Waals surface area contributed by atoms with Crippen molar-refractivity contribution in [1.82, 2.24) is 14.5 Å². The van der Waals surface area contributed by atoms with Crippen LogP contribution in [0.3, 0.4) is 0 Å². The fourth-order valence-corrected chi connectivity index (χ4v) is 4.98. The Hall–Kier alpha value is -3.24. The molecule has 8 nitrogen and oxygen atoms in total. The molecule has 0 spiro atoms. The molecule has 1 aliphatic heterocycles. The van der Waals surface area contributed by atoms with Gasteiger partial charge in [-0.3, -0.25) is 0 Å². The van der Waals surface area contributed by atoms with E-state index in [9.17, 15) is 12.8 Å². The average molecular weight is 459 g/mol. The number of hydrogen-bond acceptors (Lipinski definition) is 7. The third-order valence-electron chi connectivity index (χ3n) is 5.34. The molecule has 1 aliphatic rings. The number of rotatable bonds is 6. The first-order chi connectivity index (χ1) is 15.4. The number of anilines is 1. The maximum absolute atomic E-state index is 13.1. The van der Waals surface area contributed by atoms with Crippen LogP contribution in [-0.4, -0.2) is 63.3 Å². The Labute approximate surface area is 186 Å². The van der Waals surface area contributed by atoms with Crippen molar-refractivity contribution in [1.29, 1.82) is 0 Å². The lowest BCUT2D eigenvalue weighted by atomic mass is 10.1. The van der Waals surface area contributed by atoms with Crippen LogP contribution in [0.1, 0.15) is 0 Å². The topological polar surface area (TPSA) is 84.9 Å². The van der Waals surface area contributed by atoms with E-state index in [0.717, 1.165) is 17.7 Å². The number of hydrogen-bond donors (Lipinski definition) is 0. The molecule has 168 valence electrons. The van der Waals surface area contributed by atoms with Crippen LogP contribution in [0.25, 0.3) is 11.3 Å². The standard InChI is InChI=1S/C22H23FN4O4S/c1-30-20-9-3-16(15-21(20)31-2)19-8-10-22(25-24-19)26-11-13-27(14-12-26)32(28,29)18-6-4-17(23)5-7-18/h3-10,15H,11-14H2,1-2H3. The first-order valence-corrected chi connectivity index (χ1v) is 11.4. The van der Waals surface area contributed by atoms with Gasteiger partial charge in [-0.2, -0.15) is 4.31 Å². The summed E-state index contributed by atoms with van der Waals surface area (Å²) in [5.41, 5.74) is 1.53. The van der Waals surface area contributed by atoms with E-state index >= 15 is 0 Å². The summed E-state index contributed by atoms with van der Waals surface area (Å²) in [4.78, 5) is 2.08. The molecule has 2 aromatic carbocycles. The zero-order valence-electron chi connectivity index (χ0n) is 17.7. The highest BCUT2D eigenvalue weighted by atomic mass is 32.2. The number of nitrogens with zero attached hydrogens (tertiary/aromatic N) is 4. The number of aromatic nitrogens is 2. The zero-order valence-corrected chi connectivity index (χ0v) is 18.5. The molecule has 1 saturated heterocycles. The molecular formula is C22H23FN4O4S. The zero-order chi connectivity index (χ0) is 22.7. The Morgan fingerprint density at radius 3 is 2.12 bits per heavy atom. The summed E-state index contributed by atoms with van der Waals surface area (Å²) < 4.78 is 50.7. The first kappa shape index (κ1) is 22.0. The molecule has 10 heteroatoms. The molecule has 0 aliphatic carbocycles. The molecule has 0 unspecified atom stereocenters. The van der Waals surface area contributed by atoms with E-state index in [2.05, 4.69) is 10.2 Å². The van der Waals surface area contributed by atoms with Gasteiger partial charge in [0.05, 0.1) is 24.8 Å². The van der Waals surface area contributed by atoms with Gasteiger partial charge in [-0.05, 0) is 54.6 Å². The number of ether oxygens (including phenoxy) is 2. The first-order valence-electron chi connectivity index (χ1n) is 9.99. The number of sulfonamides is 1. The molecule has 4 rings (SSSR count). The van der Waals surface area contributed by atoms with Crippen LogP contribution >= 0.6 is 0 Å². The summed E-state index contributed by atoms with van der Waals surface area (Å²) in [7, 11) is -0.502. The third kappa shape index (κ3) is 4.37. The van der Waals surface area contributed by atoms with Gasteiger partial charge in [0, 0.05) is 31.7 Å². The van der Waals surface area contributed by atoms with Crippen LogP contribution in [0.2, 0.25) is 0 Å². The summed E-state index contributed by atoms with van der Waals surface area (Å²) in [6.07, 6.45) is 0. The van der Waals surface area contributed by atoms with Gasteiger partial charge in [0.1, 0.15) is 5.82 Å². The van der Waals surface area contributed by atoms with E-state index in [0.29, 0.717) is 49.2 Å². The van der Waals surface area contributed by atoms with Gasteiger partial charge in [-0.1, -0.05) is 0 Å². The maximum Gasteiger partial charge on any atom is 0.243 e. The van der Waals surface area contributed by atoms with E-state index in [4.69, 9.17) is 9.47 Å². The second-order valence-electron chi connectivity index (χ2n) is 7.19. The van der Waals surface area contributed by atoms with Gasteiger partial charge in [0.15, 0.2) is 17.3 Å². The smallest absolute Gasteiger partial charge is 0.243 e. The summed E-state index contributed by atoms with van der Waals surface area (Å²) in [6.45, 7) is 1.56. The fourth-order valence-electron chi connectivity index (χ4n) is 3.56. The lowest BCUT2D eigenvalue weighted by molar-refractivity contribution is 0.355. The minimum Gasteiger partial charge on any atom is -0.493 e. The van der Waals surface area contributed by atoms with Gasteiger partial charge >= 0.3 is 0 Å². The number of methoxy groups -OCH3 is 2. The van der Waals surface area contributed by atoms with Crippen molar-refractivity contribution in [3.63, 3.8) is 0 Å². The van der Waals surface area contributed by atoms with Crippen molar-refractivity contribution in [3.05, 3.63) is 60.4 Å². The van der Waals surface area contributed by atoms with Gasteiger partial charge in [0.2, 0.25) is 10.0 Å². The van der Waals surface area contributed by atoms with Crippen LogP contribution < -0.4 is 14.4 Å². The largest absolute Gasteiger partial charge is 0.493 e. The van der Waals surface area contributed by atoms with Crippen molar-refractivity contribution >= 4 is 15.8 Å². The van der Waals surface area contributed by atoms with Crippen LogP contribution in [0.4, 0.5) is 10.2 Å². The molecule has 0 N–H and O–H groups in total. The molecule has 2 heterocycles. The molecule has 1 fully saturated rings. The second-order valence-corrected chi connectivity index (χ2v) is 9.13.